The average molecular weight is 829 g/mol. The molecule has 0 unspecified atom stereocenters. The van der Waals surface area contributed by atoms with Gasteiger partial charge in [0.15, 0.2) is 0 Å². The van der Waals surface area contributed by atoms with Crippen LogP contribution in [-0.4, -0.2) is 197 Å². The van der Waals surface area contributed by atoms with E-state index in [-0.39, 0.29) is 64.0 Å². The maximum absolute atomic E-state index is 12.9. The Kier molecular flexibility index (Phi) is 20.7. The predicted octanol–water partition coefficient (Wildman–Crippen LogP) is -2.59. The predicted molar refractivity (Wildman–Crippen MR) is 213 cm³/mol. The first-order valence-corrected chi connectivity index (χ1v) is 19.8. The summed E-state index contributed by atoms with van der Waals surface area (Å²) in [6.45, 7) is 4.10. The zero-order valence-electron chi connectivity index (χ0n) is 33.5. The number of likely N-dealkylation sites (tertiary alicyclic amines) is 1. The van der Waals surface area contributed by atoms with Crippen molar-refractivity contribution < 1.29 is 53.8 Å². The van der Waals surface area contributed by atoms with E-state index in [1.54, 1.807) is 32.9 Å². The highest BCUT2D eigenvalue weighted by molar-refractivity contribution is 6.43. The van der Waals surface area contributed by atoms with Crippen LogP contribution in [0.3, 0.4) is 0 Å². The van der Waals surface area contributed by atoms with E-state index in [1.807, 2.05) is 4.90 Å². The van der Waals surface area contributed by atoms with Gasteiger partial charge in [0.2, 0.25) is 23.5 Å². The maximum Gasteiger partial charge on any atom is 0.475 e. The second-order valence-electron chi connectivity index (χ2n) is 14.7. The van der Waals surface area contributed by atoms with E-state index in [0.717, 1.165) is 0 Å². The minimum Gasteiger partial charge on any atom is -0.480 e. The number of Topliss-reactive ketones (excluding diaryl/α,β-unsaturated/α-hetero) is 1. The number of ketones is 1. The Labute approximate surface area is 343 Å². The lowest BCUT2D eigenvalue weighted by Crippen LogP contribution is -2.52. The van der Waals surface area contributed by atoms with Crippen molar-refractivity contribution in [3.05, 3.63) is 29.8 Å². The van der Waals surface area contributed by atoms with E-state index in [9.17, 15) is 53.8 Å². The number of benzene rings is 1. The summed E-state index contributed by atoms with van der Waals surface area (Å²) in [6.07, 6.45) is 3.17. The highest BCUT2D eigenvalue weighted by atomic mass is 16.4. The van der Waals surface area contributed by atoms with Crippen LogP contribution in [0.5, 0.6) is 0 Å². The number of carbonyl (C=O) groups is 7. The third-order valence-electron chi connectivity index (χ3n) is 10.0. The molecule has 324 valence electrons. The number of nitrogens with zero attached hydrogens (tertiary/aromatic N) is 6. The number of carbonyl (C=O) groups excluding carboxylic acids is 5. The quantitative estimate of drug-likeness (QED) is 0.0290. The Balaban J connectivity index is 1.38. The molecule has 1 aromatic carbocycles. The summed E-state index contributed by atoms with van der Waals surface area (Å²) >= 11 is 0. The number of aliphatic carboxylic acids is 2. The van der Waals surface area contributed by atoms with Crippen molar-refractivity contribution in [1.29, 1.82) is 5.26 Å². The largest absolute Gasteiger partial charge is 0.480 e. The number of hydrazine groups is 1. The average Bonchev–Trinajstić information content (AvgIpc) is 3.69. The van der Waals surface area contributed by atoms with Crippen LogP contribution in [0, 0.1) is 11.3 Å². The molecule has 22 heteroatoms. The van der Waals surface area contributed by atoms with Crippen LogP contribution in [0.2, 0.25) is 0 Å². The Bertz CT molecular complexity index is 1630. The number of carboxylic acid groups (broad SMARTS) is 2. The van der Waals surface area contributed by atoms with Gasteiger partial charge < -0.3 is 35.8 Å². The molecule has 59 heavy (non-hydrogen) atoms. The summed E-state index contributed by atoms with van der Waals surface area (Å²) < 4.78 is 0. The molecule has 2 heterocycles. The fourth-order valence-corrected chi connectivity index (χ4v) is 6.78. The number of nitriles is 1. The first kappa shape index (κ1) is 48.2. The van der Waals surface area contributed by atoms with Crippen LogP contribution >= 0.6 is 0 Å². The van der Waals surface area contributed by atoms with Gasteiger partial charge in [-0.3, -0.25) is 64.0 Å². The first-order valence-electron chi connectivity index (χ1n) is 19.8. The van der Waals surface area contributed by atoms with Gasteiger partial charge >= 0.3 is 19.1 Å². The van der Waals surface area contributed by atoms with Gasteiger partial charge in [0.25, 0.3) is 5.91 Å². The standard InChI is InChI=1S/C37H57BN10O11/c1-27(37(57)48-13-5-6-31(48)38(58)59)41-36(56)28-8-10-29(11-9-28)42-43-32(50)7-3-2-4-12-40-33(51)24-45-16-14-44(23-30(49)22-39)15-18-46(25-34(52)53)20-21-47(19-17-45)26-35(54)55/h8-11,27,31,42,58-59H,2-7,12-21,23-26H2,1H3,(H,40,51)(H,41,56)(H,43,50)(H,52,53)(H,54,55)/t27-,31+/m1/s1. The van der Waals surface area contributed by atoms with Gasteiger partial charge in [-0.2, -0.15) is 5.26 Å². The molecule has 2 atom stereocenters. The molecule has 1 aromatic rings. The summed E-state index contributed by atoms with van der Waals surface area (Å²) in [5.41, 5.74) is 6.21. The van der Waals surface area contributed by atoms with Crippen LogP contribution in [0.25, 0.3) is 0 Å². The summed E-state index contributed by atoms with van der Waals surface area (Å²) in [4.78, 5) is 94.1. The Morgan fingerprint density at radius 3 is 1.83 bits per heavy atom. The molecule has 0 aliphatic carbocycles. The molecule has 0 spiro atoms. The molecule has 0 bridgehead atoms. The van der Waals surface area contributed by atoms with E-state index in [4.69, 9.17) is 5.26 Å². The molecule has 8 N–H and O–H groups in total. The fourth-order valence-electron chi connectivity index (χ4n) is 6.78. The van der Waals surface area contributed by atoms with Crippen molar-refractivity contribution in [3.8, 4) is 6.07 Å². The molecule has 0 radical (unpaired) electrons. The van der Waals surface area contributed by atoms with Crippen molar-refractivity contribution in [3.63, 3.8) is 0 Å². The number of hydrogen-bond donors (Lipinski definition) is 8. The normalized spacial score (nSPS) is 18.0. The van der Waals surface area contributed by atoms with Gasteiger partial charge in [-0.15, -0.1) is 0 Å². The third-order valence-corrected chi connectivity index (χ3v) is 10.0. The lowest BCUT2D eigenvalue weighted by atomic mass is 9.78. The van der Waals surface area contributed by atoms with E-state index >= 15 is 0 Å². The van der Waals surface area contributed by atoms with Gasteiger partial charge in [0, 0.05) is 77.4 Å². The van der Waals surface area contributed by atoms with Crippen LogP contribution in [0.4, 0.5) is 5.69 Å². The SMILES string of the molecule is C[C@@H](NC(=O)c1ccc(NNC(=O)CCCCCNC(=O)CN2CCN(CC(=O)O)CCN(CC(=O)O)CCN(CC(=O)C#N)CC2)cc1)C(=O)N1CCC[C@H]1B(O)O. The molecule has 2 aliphatic heterocycles. The second kappa shape index (κ2) is 25.3. The van der Waals surface area contributed by atoms with Crippen molar-refractivity contribution in [1.82, 2.24) is 40.6 Å². The molecule has 0 saturated carbocycles. The highest BCUT2D eigenvalue weighted by Crippen LogP contribution is 2.19. The number of nitrogens with one attached hydrogen (secondary N) is 4. The number of unbranched alkanes of at least 4 members (excludes halogenated alkanes) is 2. The molecule has 4 amide bonds. The summed E-state index contributed by atoms with van der Waals surface area (Å²) in [5, 5.41) is 52.4. The van der Waals surface area contributed by atoms with Gasteiger partial charge in [-0.25, -0.2) is 0 Å². The molecule has 2 fully saturated rings. The summed E-state index contributed by atoms with van der Waals surface area (Å²) in [5.74, 6) is -4.80. The van der Waals surface area contributed by atoms with Crippen LogP contribution in [0.1, 0.15) is 55.8 Å². The maximum atomic E-state index is 12.9. The Hall–Kier alpha value is -5.18. The van der Waals surface area contributed by atoms with Crippen molar-refractivity contribution >= 4 is 54.2 Å². The summed E-state index contributed by atoms with van der Waals surface area (Å²) in [6, 6.07) is 6.98. The molecule has 3 rings (SSSR count). The number of rotatable bonds is 20. The van der Waals surface area contributed by atoms with Gasteiger partial charge in [0.05, 0.1) is 37.8 Å². The van der Waals surface area contributed by atoms with Crippen molar-refractivity contribution in [2.45, 2.75) is 57.4 Å². The minimum absolute atomic E-state index is 0.0148. The number of hydrogen-bond acceptors (Lipinski definition) is 15. The minimum atomic E-state index is -1.65. The Morgan fingerprint density at radius 1 is 0.763 bits per heavy atom. The lowest BCUT2D eigenvalue weighted by Gasteiger charge is -2.32. The third kappa shape index (κ3) is 18.1. The zero-order chi connectivity index (χ0) is 43.3. The molecule has 2 aliphatic rings. The molecule has 2 saturated heterocycles. The van der Waals surface area contributed by atoms with Crippen LogP contribution in [-0.2, 0) is 28.8 Å². The number of anilines is 1. The van der Waals surface area contributed by atoms with Crippen molar-refractivity contribution in [2.24, 2.45) is 0 Å². The topological polar surface area (TPSA) is 289 Å². The summed E-state index contributed by atoms with van der Waals surface area (Å²) in [7, 11) is -1.65. The molecular formula is C37H57BN10O11. The molecule has 21 nitrogen and oxygen atoms in total. The van der Waals surface area contributed by atoms with Crippen LogP contribution in [0.15, 0.2) is 24.3 Å². The molecular weight excluding hydrogens is 771 g/mol. The van der Waals surface area contributed by atoms with E-state index in [1.165, 1.54) is 24.0 Å². The van der Waals surface area contributed by atoms with Gasteiger partial charge in [-0.1, -0.05) is 6.42 Å². The van der Waals surface area contributed by atoms with Crippen molar-refractivity contribution in [2.75, 3.05) is 97.1 Å². The van der Waals surface area contributed by atoms with Gasteiger partial charge in [-0.05, 0) is 56.9 Å². The van der Waals surface area contributed by atoms with Crippen LogP contribution < -0.4 is 21.5 Å². The smallest absolute Gasteiger partial charge is 0.475 e. The number of carboxylic acids is 2. The molecule has 0 aromatic heterocycles. The highest BCUT2D eigenvalue weighted by Gasteiger charge is 2.38. The Morgan fingerprint density at radius 2 is 1.31 bits per heavy atom. The zero-order valence-corrected chi connectivity index (χ0v) is 33.5. The lowest BCUT2D eigenvalue weighted by molar-refractivity contribution is -0.140. The first-order chi connectivity index (χ1) is 28.1. The fraction of sp³-hybridized carbons (Fsp3) is 0.622. The number of amides is 4. The monoisotopic (exact) mass is 828 g/mol. The van der Waals surface area contributed by atoms with E-state index in [0.29, 0.717) is 89.2 Å². The van der Waals surface area contributed by atoms with E-state index in [2.05, 4.69) is 21.5 Å². The van der Waals surface area contributed by atoms with Gasteiger partial charge in [0.1, 0.15) is 12.1 Å². The second-order valence-corrected chi connectivity index (χ2v) is 14.7. The van der Waals surface area contributed by atoms with E-state index < -0.39 is 48.6 Å².